The minimum absolute atomic E-state index is 0.0983. The van der Waals surface area contributed by atoms with Gasteiger partial charge < -0.3 is 39.0 Å². The van der Waals surface area contributed by atoms with Crippen LogP contribution in [-0.4, -0.2) is 79.9 Å². The molecule has 3 aliphatic rings. The number of carbonyl (C=O) groups is 2. The highest BCUT2D eigenvalue weighted by molar-refractivity contribution is 5.98. The van der Waals surface area contributed by atoms with Crippen LogP contribution in [0.2, 0.25) is 0 Å². The van der Waals surface area contributed by atoms with E-state index in [1.165, 1.54) is 0 Å². The summed E-state index contributed by atoms with van der Waals surface area (Å²) in [5.74, 6) is 2.11. The van der Waals surface area contributed by atoms with Gasteiger partial charge in [-0.15, -0.1) is 0 Å². The molecule has 4 heterocycles. The van der Waals surface area contributed by atoms with Gasteiger partial charge in [0.25, 0.3) is 11.8 Å². The van der Waals surface area contributed by atoms with Gasteiger partial charge in [-0.25, -0.2) is 4.98 Å². The minimum Gasteiger partial charge on any atom is -0.494 e. The van der Waals surface area contributed by atoms with E-state index in [0.717, 1.165) is 27.7 Å². The van der Waals surface area contributed by atoms with Crippen molar-refractivity contribution in [2.24, 2.45) is 7.05 Å². The maximum Gasteiger partial charge on any atom is 0.257 e. The van der Waals surface area contributed by atoms with Crippen molar-refractivity contribution in [3.8, 4) is 17.2 Å². The lowest BCUT2D eigenvalue weighted by atomic mass is 9.87. The molecule has 11 heteroatoms. The predicted octanol–water partition coefficient (Wildman–Crippen LogP) is 3.71. The van der Waals surface area contributed by atoms with E-state index < -0.39 is 6.04 Å². The van der Waals surface area contributed by atoms with E-state index >= 15 is 0 Å². The summed E-state index contributed by atoms with van der Waals surface area (Å²) in [6.07, 6.45) is 1.25. The van der Waals surface area contributed by atoms with Crippen LogP contribution in [0.3, 0.4) is 0 Å². The zero-order valence-corrected chi connectivity index (χ0v) is 25.2. The number of rotatable bonds is 6. The molecule has 4 aromatic rings. The second-order valence-electron chi connectivity index (χ2n) is 10.9. The molecular weight excluding hydrogens is 562 g/mol. The summed E-state index contributed by atoms with van der Waals surface area (Å²) in [6, 6.07) is 17.0. The number of nitrogens with zero attached hydrogens (tertiary/aromatic N) is 3. The molecule has 0 radical (unpaired) electrons. The Balaban J connectivity index is 1.40. The highest BCUT2D eigenvalue weighted by Gasteiger charge is 2.34. The molecule has 1 atom stereocenters. The number of aromatic nitrogens is 2. The lowest BCUT2D eigenvalue weighted by Crippen LogP contribution is -2.40. The van der Waals surface area contributed by atoms with E-state index in [2.05, 4.69) is 10.6 Å². The summed E-state index contributed by atoms with van der Waals surface area (Å²) in [6.45, 7) is 2.46. The van der Waals surface area contributed by atoms with Gasteiger partial charge in [0.2, 0.25) is 5.95 Å². The van der Waals surface area contributed by atoms with Crippen LogP contribution in [0.5, 0.6) is 17.2 Å². The van der Waals surface area contributed by atoms with E-state index in [-0.39, 0.29) is 18.4 Å². The monoisotopic (exact) mass is 599 g/mol. The van der Waals surface area contributed by atoms with Crippen molar-refractivity contribution in [1.82, 2.24) is 19.8 Å². The Hall–Kier alpha value is -4.77. The van der Waals surface area contributed by atoms with Gasteiger partial charge in [-0.1, -0.05) is 12.1 Å². The first-order valence-electron chi connectivity index (χ1n) is 14.8. The van der Waals surface area contributed by atoms with Gasteiger partial charge >= 0.3 is 0 Å². The van der Waals surface area contributed by atoms with Crippen molar-refractivity contribution < 1.29 is 28.5 Å². The molecule has 0 saturated heterocycles. The Bertz CT molecular complexity index is 1680. The molecule has 0 spiro atoms. The molecule has 2 N–H and O–H groups in total. The van der Waals surface area contributed by atoms with E-state index in [1.807, 2.05) is 71.1 Å². The van der Waals surface area contributed by atoms with Crippen LogP contribution in [-0.2, 0) is 23.0 Å². The van der Waals surface area contributed by atoms with Gasteiger partial charge in [-0.3, -0.25) is 9.59 Å². The fourth-order valence-electron chi connectivity index (χ4n) is 5.86. The van der Waals surface area contributed by atoms with Crippen molar-refractivity contribution in [1.29, 1.82) is 0 Å². The fraction of sp³-hybridized carbons (Fsp3) is 0.364. The number of aryl methyl sites for hydroxylation is 1. The summed E-state index contributed by atoms with van der Waals surface area (Å²) >= 11 is 0. The summed E-state index contributed by atoms with van der Waals surface area (Å²) in [5.41, 5.74) is 5.10. The summed E-state index contributed by atoms with van der Waals surface area (Å²) < 4.78 is 24.8. The quantitative estimate of drug-likeness (QED) is 0.323. The molecule has 11 nitrogen and oxygen atoms in total. The second-order valence-corrected chi connectivity index (χ2v) is 10.9. The number of benzene rings is 3. The maximum atomic E-state index is 14.3. The van der Waals surface area contributed by atoms with Crippen LogP contribution in [0, 0.1) is 0 Å². The minimum atomic E-state index is -0.403. The lowest BCUT2D eigenvalue weighted by molar-refractivity contribution is -0.123. The van der Waals surface area contributed by atoms with Crippen molar-refractivity contribution in [2.45, 2.75) is 18.9 Å². The van der Waals surface area contributed by atoms with Crippen LogP contribution in [0.1, 0.15) is 39.5 Å². The normalized spacial score (nSPS) is 16.7. The molecule has 1 aromatic heterocycles. The van der Waals surface area contributed by atoms with E-state index in [1.54, 1.807) is 14.2 Å². The number of hydrogen-bond donors (Lipinski definition) is 2. The molecular formula is C33H37N5O6. The van der Waals surface area contributed by atoms with E-state index in [9.17, 15) is 9.59 Å². The first kappa shape index (κ1) is 29.3. The van der Waals surface area contributed by atoms with Crippen LogP contribution >= 0.6 is 0 Å². The highest BCUT2D eigenvalue weighted by Crippen LogP contribution is 2.42. The third-order valence-electron chi connectivity index (χ3n) is 8.08. The summed E-state index contributed by atoms with van der Waals surface area (Å²) in [5, 5.41) is 6.15. The van der Waals surface area contributed by atoms with Crippen LogP contribution in [0.25, 0.3) is 11.0 Å². The molecule has 3 aromatic carbocycles. The number of ether oxygens (including phenoxy) is 4. The van der Waals surface area contributed by atoms with Gasteiger partial charge in [-0.05, 0) is 72.0 Å². The number of nitrogens with one attached hydrogen (secondary N) is 2. The Kier molecular flexibility index (Phi) is 8.56. The molecule has 7 rings (SSSR count). The number of hydrogen-bond acceptors (Lipinski definition) is 8. The van der Waals surface area contributed by atoms with Gasteiger partial charge in [0.05, 0.1) is 37.4 Å². The van der Waals surface area contributed by atoms with E-state index in [4.69, 9.17) is 23.9 Å². The molecule has 0 aliphatic carbocycles. The largest absolute Gasteiger partial charge is 0.494 e. The van der Waals surface area contributed by atoms with E-state index in [0.29, 0.717) is 74.5 Å². The topological polar surface area (TPSA) is 116 Å². The second kappa shape index (κ2) is 12.8. The first-order valence-corrected chi connectivity index (χ1v) is 14.8. The van der Waals surface area contributed by atoms with Crippen LogP contribution in [0.4, 0.5) is 5.95 Å². The SMILES string of the molecule is COCCNc1nc2cc(C(=O)N3CCc4cc5c(OC)cc4C3c3cccc(c3)OCCCNC(=O)CO5)ccc2n1C. The average Bonchev–Trinajstić information content (AvgIpc) is 3.36. The van der Waals surface area contributed by atoms with Gasteiger partial charge in [0, 0.05) is 39.4 Å². The molecule has 1 unspecified atom stereocenters. The van der Waals surface area contributed by atoms with Gasteiger partial charge in [0.15, 0.2) is 18.1 Å². The maximum absolute atomic E-state index is 14.3. The Morgan fingerprint density at radius 2 is 2.02 bits per heavy atom. The molecule has 44 heavy (non-hydrogen) atoms. The number of methoxy groups -OCH3 is 2. The smallest absolute Gasteiger partial charge is 0.257 e. The standard InChI is InChI=1S/C33H37N5O6/c1-37-27-9-8-23(17-26(27)36-33(37)35-12-15-41-2)32(40)38-13-10-21-18-29-28(42-3)19-25(21)31(38)22-6-4-7-24(16-22)43-14-5-11-34-30(39)20-44-29/h4,6-9,16-19,31H,5,10-15,20H2,1-3H3,(H,34,39)(H,35,36). The Morgan fingerprint density at radius 1 is 1.14 bits per heavy atom. The van der Waals surface area contributed by atoms with Crippen molar-refractivity contribution in [3.63, 3.8) is 0 Å². The number of anilines is 1. The first-order chi connectivity index (χ1) is 21.5. The van der Waals surface area contributed by atoms with Crippen LogP contribution < -0.4 is 24.8 Å². The van der Waals surface area contributed by atoms with Crippen molar-refractivity contribution >= 4 is 28.8 Å². The van der Waals surface area contributed by atoms with Crippen molar-refractivity contribution in [2.75, 3.05) is 59.0 Å². The number of amides is 2. The molecule has 6 bridgehead atoms. The zero-order chi connectivity index (χ0) is 30.6. The van der Waals surface area contributed by atoms with Crippen LogP contribution in [0.15, 0.2) is 54.6 Å². The highest BCUT2D eigenvalue weighted by atomic mass is 16.5. The molecule has 3 aliphatic heterocycles. The molecule has 2 amide bonds. The zero-order valence-electron chi connectivity index (χ0n) is 25.2. The number of fused-ring (bicyclic) bond motifs is 9. The third-order valence-corrected chi connectivity index (χ3v) is 8.08. The fourth-order valence-corrected chi connectivity index (χ4v) is 5.86. The summed E-state index contributed by atoms with van der Waals surface area (Å²) in [4.78, 5) is 33.4. The average molecular weight is 600 g/mol. The Labute approximate surface area is 256 Å². The third kappa shape index (κ3) is 5.87. The van der Waals surface area contributed by atoms with Gasteiger partial charge in [-0.2, -0.15) is 0 Å². The van der Waals surface area contributed by atoms with Gasteiger partial charge in [0.1, 0.15) is 5.75 Å². The summed E-state index contributed by atoms with van der Waals surface area (Å²) in [7, 11) is 5.18. The predicted molar refractivity (Wildman–Crippen MR) is 166 cm³/mol. The number of imidazole rings is 1. The molecule has 0 fully saturated rings. The lowest BCUT2D eigenvalue weighted by Gasteiger charge is -2.38. The van der Waals surface area contributed by atoms with Crippen molar-refractivity contribution in [3.05, 3.63) is 76.9 Å². The number of carbonyl (C=O) groups excluding carboxylic acids is 2. The Morgan fingerprint density at radius 3 is 2.86 bits per heavy atom. The molecule has 0 saturated carbocycles. The molecule has 230 valence electrons.